The Morgan fingerprint density at radius 1 is 1.67 bits per heavy atom. The van der Waals surface area contributed by atoms with Gasteiger partial charge in [0.1, 0.15) is 5.84 Å². The summed E-state index contributed by atoms with van der Waals surface area (Å²) in [7, 11) is 1.69. The predicted molar refractivity (Wildman–Crippen MR) is 40.7 cm³/mol. The largest absolute Gasteiger partial charge is 0.386 e. The molecule has 3 N–H and O–H groups in total. The fraction of sp³-hybridized carbons (Fsp3) is 0.833. The van der Waals surface area contributed by atoms with Crippen LogP contribution in [-0.4, -0.2) is 25.5 Å². The van der Waals surface area contributed by atoms with E-state index in [4.69, 9.17) is 5.73 Å². The molecule has 0 bridgehead atoms. The molecule has 0 aromatic rings. The van der Waals surface area contributed by atoms with Gasteiger partial charge in [0.05, 0.1) is 6.54 Å². The zero-order valence-corrected chi connectivity index (χ0v) is 6.31. The Labute approximate surface area is 56.3 Å². The van der Waals surface area contributed by atoms with Crippen LogP contribution in [0.4, 0.5) is 0 Å². The van der Waals surface area contributed by atoms with E-state index in [9.17, 15) is 0 Å². The Kier molecular flexibility index (Phi) is 4.05. The number of hydrogen-bond donors (Lipinski definition) is 2. The van der Waals surface area contributed by atoms with Crippen LogP contribution >= 0.6 is 0 Å². The van der Waals surface area contributed by atoms with E-state index in [0.29, 0.717) is 18.4 Å². The Morgan fingerprint density at radius 3 is 2.56 bits per heavy atom. The number of rotatable bonds is 3. The van der Waals surface area contributed by atoms with E-state index in [1.807, 2.05) is 0 Å². The molecule has 3 nitrogen and oxygen atoms in total. The van der Waals surface area contributed by atoms with Crippen LogP contribution in [0, 0.1) is 0 Å². The molecule has 0 radical (unpaired) electrons. The first kappa shape index (κ1) is 8.43. The van der Waals surface area contributed by atoms with Crippen molar-refractivity contribution in [3.8, 4) is 0 Å². The van der Waals surface area contributed by atoms with Gasteiger partial charge < -0.3 is 11.1 Å². The summed E-state index contributed by atoms with van der Waals surface area (Å²) in [5.74, 6) is 0.656. The van der Waals surface area contributed by atoms with Gasteiger partial charge in [0.25, 0.3) is 0 Å². The molecule has 0 fully saturated rings. The minimum absolute atomic E-state index is 0.477. The number of amidine groups is 1. The van der Waals surface area contributed by atoms with Gasteiger partial charge in [-0.15, -0.1) is 0 Å². The monoisotopic (exact) mass is 129 g/mol. The maximum atomic E-state index is 5.41. The van der Waals surface area contributed by atoms with Crippen molar-refractivity contribution < 1.29 is 0 Å². The molecule has 0 aromatic heterocycles. The lowest BCUT2D eigenvalue weighted by molar-refractivity contribution is 0.641. The van der Waals surface area contributed by atoms with Crippen LogP contribution in [0.1, 0.15) is 13.8 Å². The summed E-state index contributed by atoms with van der Waals surface area (Å²) in [6.45, 7) is 4.83. The highest BCUT2D eigenvalue weighted by Gasteiger charge is 1.91. The van der Waals surface area contributed by atoms with Crippen LogP contribution in [0.5, 0.6) is 0 Å². The zero-order chi connectivity index (χ0) is 7.28. The van der Waals surface area contributed by atoms with Crippen molar-refractivity contribution in [1.82, 2.24) is 5.32 Å². The zero-order valence-electron chi connectivity index (χ0n) is 6.31. The first-order valence-electron chi connectivity index (χ1n) is 3.11. The first-order valence-corrected chi connectivity index (χ1v) is 3.11. The number of hydrogen-bond acceptors (Lipinski definition) is 2. The molecule has 0 rings (SSSR count). The second-order valence-electron chi connectivity index (χ2n) is 2.25. The highest BCUT2D eigenvalue weighted by molar-refractivity contribution is 5.82. The van der Waals surface area contributed by atoms with Gasteiger partial charge in [0.15, 0.2) is 0 Å². The van der Waals surface area contributed by atoms with Gasteiger partial charge in [-0.25, -0.2) is 0 Å². The highest BCUT2D eigenvalue weighted by Crippen LogP contribution is 1.73. The van der Waals surface area contributed by atoms with Gasteiger partial charge in [0.2, 0.25) is 0 Å². The maximum absolute atomic E-state index is 5.41. The van der Waals surface area contributed by atoms with E-state index >= 15 is 0 Å². The van der Waals surface area contributed by atoms with Crippen LogP contribution in [0.2, 0.25) is 0 Å². The van der Waals surface area contributed by atoms with Gasteiger partial charge in [-0.2, -0.15) is 0 Å². The molecule has 0 saturated carbocycles. The predicted octanol–water partition coefficient (Wildman–Crippen LogP) is -0.0286. The third-order valence-corrected chi connectivity index (χ3v) is 0.979. The Morgan fingerprint density at radius 2 is 2.22 bits per heavy atom. The van der Waals surface area contributed by atoms with E-state index in [1.54, 1.807) is 7.05 Å². The third-order valence-electron chi connectivity index (χ3n) is 0.979. The molecule has 0 amide bonds. The summed E-state index contributed by atoms with van der Waals surface area (Å²) in [4.78, 5) is 3.79. The summed E-state index contributed by atoms with van der Waals surface area (Å²) in [5, 5.41) is 3.14. The van der Waals surface area contributed by atoms with Gasteiger partial charge in [-0.05, 0) is 0 Å². The lowest BCUT2D eigenvalue weighted by atomic mass is 10.4. The van der Waals surface area contributed by atoms with Crippen LogP contribution < -0.4 is 11.1 Å². The Balaban J connectivity index is 3.28. The van der Waals surface area contributed by atoms with Gasteiger partial charge in [-0.3, -0.25) is 4.99 Å². The number of aliphatic imine (C=N–C) groups is 1. The fourth-order valence-corrected chi connectivity index (χ4v) is 0.388. The van der Waals surface area contributed by atoms with Crippen molar-refractivity contribution in [2.24, 2.45) is 10.7 Å². The SMILES string of the molecule is CN=C(N)CNC(C)C. The second-order valence-corrected chi connectivity index (χ2v) is 2.25. The van der Waals surface area contributed by atoms with Gasteiger partial charge in [0, 0.05) is 13.1 Å². The molecular weight excluding hydrogens is 114 g/mol. The van der Waals surface area contributed by atoms with Crippen LogP contribution in [0.15, 0.2) is 4.99 Å². The molecule has 0 saturated heterocycles. The second kappa shape index (κ2) is 4.32. The smallest absolute Gasteiger partial charge is 0.107 e. The minimum atomic E-state index is 0.477. The van der Waals surface area contributed by atoms with Crippen LogP contribution in [0.3, 0.4) is 0 Å². The summed E-state index contributed by atoms with van der Waals surface area (Å²) in [6.07, 6.45) is 0. The molecule has 0 heterocycles. The van der Waals surface area contributed by atoms with Crippen molar-refractivity contribution in [2.75, 3.05) is 13.6 Å². The molecule has 0 unspecified atom stereocenters. The number of nitrogens with zero attached hydrogens (tertiary/aromatic N) is 1. The summed E-state index contributed by atoms with van der Waals surface area (Å²) < 4.78 is 0. The summed E-state index contributed by atoms with van der Waals surface area (Å²) in [6, 6.07) is 0.477. The van der Waals surface area contributed by atoms with E-state index in [2.05, 4.69) is 24.2 Å². The number of nitrogens with one attached hydrogen (secondary N) is 1. The van der Waals surface area contributed by atoms with Crippen LogP contribution in [0.25, 0.3) is 0 Å². The Hall–Kier alpha value is -0.570. The van der Waals surface area contributed by atoms with Crippen molar-refractivity contribution in [3.05, 3.63) is 0 Å². The van der Waals surface area contributed by atoms with E-state index < -0.39 is 0 Å². The van der Waals surface area contributed by atoms with Crippen molar-refractivity contribution >= 4 is 5.84 Å². The van der Waals surface area contributed by atoms with E-state index in [0.717, 1.165) is 0 Å². The normalized spacial score (nSPS) is 12.7. The van der Waals surface area contributed by atoms with Gasteiger partial charge in [-0.1, -0.05) is 13.8 Å². The molecular formula is C6H15N3. The van der Waals surface area contributed by atoms with Crippen molar-refractivity contribution in [3.63, 3.8) is 0 Å². The highest BCUT2D eigenvalue weighted by atomic mass is 15.0. The van der Waals surface area contributed by atoms with Crippen molar-refractivity contribution in [1.29, 1.82) is 0 Å². The van der Waals surface area contributed by atoms with E-state index in [1.165, 1.54) is 0 Å². The maximum Gasteiger partial charge on any atom is 0.107 e. The molecule has 0 aliphatic heterocycles. The molecule has 0 aliphatic rings. The van der Waals surface area contributed by atoms with E-state index in [-0.39, 0.29) is 0 Å². The molecule has 0 aliphatic carbocycles. The molecule has 0 aromatic carbocycles. The average molecular weight is 129 g/mol. The minimum Gasteiger partial charge on any atom is -0.386 e. The fourth-order valence-electron chi connectivity index (χ4n) is 0.388. The van der Waals surface area contributed by atoms with Crippen molar-refractivity contribution in [2.45, 2.75) is 19.9 Å². The summed E-state index contributed by atoms with van der Waals surface area (Å²) in [5.41, 5.74) is 5.41. The molecule has 3 heteroatoms. The standard InChI is InChI=1S/C6H15N3/c1-5(2)9-4-6(7)8-3/h5,9H,4H2,1-3H3,(H2,7,8). The first-order chi connectivity index (χ1) is 4.16. The third kappa shape index (κ3) is 5.30. The van der Waals surface area contributed by atoms with Crippen LogP contribution in [-0.2, 0) is 0 Å². The topological polar surface area (TPSA) is 50.4 Å². The lowest BCUT2D eigenvalue weighted by Gasteiger charge is -2.05. The average Bonchev–Trinajstić information content (AvgIpc) is 1.83. The molecule has 54 valence electrons. The Bertz CT molecular complexity index is 96.5. The number of nitrogens with two attached hydrogens (primary N) is 1. The summed E-state index contributed by atoms with van der Waals surface area (Å²) >= 11 is 0. The quantitative estimate of drug-likeness (QED) is 0.415. The lowest BCUT2D eigenvalue weighted by Crippen LogP contribution is -2.33. The van der Waals surface area contributed by atoms with Gasteiger partial charge >= 0.3 is 0 Å². The molecule has 0 spiro atoms. The molecule has 9 heavy (non-hydrogen) atoms. The molecule has 0 atom stereocenters.